The van der Waals surface area contributed by atoms with Gasteiger partial charge in [0.1, 0.15) is 11.8 Å². The zero-order chi connectivity index (χ0) is 17.9. The number of hydrogen-bond acceptors (Lipinski definition) is 3. The van der Waals surface area contributed by atoms with E-state index in [1.54, 1.807) is 24.3 Å². The summed E-state index contributed by atoms with van der Waals surface area (Å²) >= 11 is 0. The first-order valence-electron chi connectivity index (χ1n) is 8.20. The van der Waals surface area contributed by atoms with Gasteiger partial charge < -0.3 is 9.73 Å². The number of benzene rings is 3. The summed E-state index contributed by atoms with van der Waals surface area (Å²) in [4.78, 5) is 24.7. The highest BCUT2D eigenvalue weighted by Crippen LogP contribution is 2.22. The summed E-state index contributed by atoms with van der Waals surface area (Å²) in [6.45, 7) is 0. The number of carbonyl (C=O) groups is 1. The van der Waals surface area contributed by atoms with Gasteiger partial charge >= 0.3 is 0 Å². The largest absolute Gasteiger partial charge is 0.463 e. The average molecular weight is 341 g/mol. The van der Waals surface area contributed by atoms with Crippen LogP contribution in [0.15, 0.2) is 88.3 Å². The lowest BCUT2D eigenvalue weighted by molar-refractivity contribution is -0.111. The van der Waals surface area contributed by atoms with Crippen molar-refractivity contribution in [2.24, 2.45) is 0 Å². The molecule has 0 spiro atoms. The van der Waals surface area contributed by atoms with Gasteiger partial charge in [-0.15, -0.1) is 0 Å². The first-order chi connectivity index (χ1) is 12.7. The van der Waals surface area contributed by atoms with Gasteiger partial charge in [0.25, 0.3) is 0 Å². The van der Waals surface area contributed by atoms with Crippen LogP contribution in [0.25, 0.3) is 27.8 Å². The predicted molar refractivity (Wildman–Crippen MR) is 104 cm³/mol. The van der Waals surface area contributed by atoms with E-state index < -0.39 is 0 Å². The fourth-order valence-corrected chi connectivity index (χ4v) is 2.88. The Kier molecular flexibility index (Phi) is 4.07. The molecule has 0 bridgehead atoms. The van der Waals surface area contributed by atoms with Crippen LogP contribution in [-0.4, -0.2) is 5.91 Å². The lowest BCUT2D eigenvalue weighted by atomic mass is 10.1. The van der Waals surface area contributed by atoms with E-state index in [1.807, 2.05) is 42.5 Å². The number of anilines is 1. The van der Waals surface area contributed by atoms with Crippen LogP contribution < -0.4 is 10.7 Å². The monoisotopic (exact) mass is 341 g/mol. The maximum absolute atomic E-state index is 12.4. The number of para-hydroxylation sites is 1. The van der Waals surface area contributed by atoms with Crippen molar-refractivity contribution in [3.63, 3.8) is 0 Å². The molecule has 0 fully saturated rings. The van der Waals surface area contributed by atoms with Crippen LogP contribution in [-0.2, 0) is 4.79 Å². The molecule has 0 aliphatic carbocycles. The highest BCUT2D eigenvalue weighted by atomic mass is 16.3. The maximum atomic E-state index is 12.4. The zero-order valence-corrected chi connectivity index (χ0v) is 13.8. The molecule has 0 saturated heterocycles. The van der Waals surface area contributed by atoms with Gasteiger partial charge in [0.15, 0.2) is 5.43 Å². The predicted octanol–water partition coefficient (Wildman–Crippen LogP) is 4.60. The Morgan fingerprint density at radius 2 is 1.62 bits per heavy atom. The lowest BCUT2D eigenvalue weighted by Crippen LogP contribution is -2.09. The van der Waals surface area contributed by atoms with Crippen LogP contribution >= 0.6 is 0 Å². The van der Waals surface area contributed by atoms with E-state index in [4.69, 9.17) is 4.42 Å². The number of nitrogens with one attached hydrogen (secondary N) is 1. The normalized spacial score (nSPS) is 11.2. The Labute approximate surface area is 149 Å². The number of carbonyl (C=O) groups excluding carboxylic acids is 1. The summed E-state index contributed by atoms with van der Waals surface area (Å²) in [5.74, 6) is -0.311. The zero-order valence-electron chi connectivity index (χ0n) is 13.8. The molecule has 0 aliphatic rings. The lowest BCUT2D eigenvalue weighted by Gasteiger charge is -2.06. The third-order valence-corrected chi connectivity index (χ3v) is 4.17. The average Bonchev–Trinajstić information content (AvgIpc) is 2.68. The highest BCUT2D eigenvalue weighted by Gasteiger charge is 2.06. The van der Waals surface area contributed by atoms with Gasteiger partial charge in [-0.3, -0.25) is 9.59 Å². The molecular formula is C22H15NO3. The van der Waals surface area contributed by atoms with Crippen molar-refractivity contribution in [1.29, 1.82) is 0 Å². The molecular weight excluding hydrogens is 326 g/mol. The minimum absolute atomic E-state index is 0.166. The molecule has 0 unspecified atom stereocenters. The molecule has 1 N–H and O–H groups in total. The van der Waals surface area contributed by atoms with Gasteiger partial charge in [-0.1, -0.05) is 48.5 Å². The molecule has 0 aliphatic heterocycles. The summed E-state index contributed by atoms with van der Waals surface area (Å²) in [6, 6.07) is 20.6. The van der Waals surface area contributed by atoms with Crippen molar-refractivity contribution in [2.45, 2.75) is 0 Å². The second-order valence-corrected chi connectivity index (χ2v) is 5.87. The molecule has 4 aromatic rings. The minimum atomic E-state index is -0.311. The van der Waals surface area contributed by atoms with Crippen molar-refractivity contribution in [1.82, 2.24) is 0 Å². The molecule has 4 heteroatoms. The van der Waals surface area contributed by atoms with Gasteiger partial charge in [0, 0.05) is 17.1 Å². The molecule has 0 atom stereocenters. The molecule has 3 aromatic carbocycles. The number of fused-ring (bicyclic) bond motifs is 2. The Hall–Kier alpha value is -3.66. The van der Waals surface area contributed by atoms with E-state index in [9.17, 15) is 9.59 Å². The summed E-state index contributed by atoms with van der Waals surface area (Å²) in [5.41, 5.74) is 1.41. The summed E-state index contributed by atoms with van der Waals surface area (Å²) < 4.78 is 5.45. The van der Waals surface area contributed by atoms with Gasteiger partial charge in [0.05, 0.1) is 10.9 Å². The van der Waals surface area contributed by atoms with Crippen molar-refractivity contribution < 1.29 is 9.21 Å². The smallest absolute Gasteiger partial charge is 0.248 e. The van der Waals surface area contributed by atoms with Gasteiger partial charge in [-0.2, -0.15) is 0 Å². The Morgan fingerprint density at radius 1 is 0.885 bits per heavy atom. The highest BCUT2D eigenvalue weighted by molar-refractivity contribution is 6.07. The third kappa shape index (κ3) is 3.00. The number of hydrogen-bond donors (Lipinski definition) is 1. The van der Waals surface area contributed by atoms with Crippen molar-refractivity contribution in [2.75, 3.05) is 5.32 Å². The fourth-order valence-electron chi connectivity index (χ4n) is 2.88. The fraction of sp³-hybridized carbons (Fsp3) is 0. The Morgan fingerprint density at radius 3 is 2.50 bits per heavy atom. The molecule has 1 heterocycles. The second-order valence-electron chi connectivity index (χ2n) is 5.87. The Balaban J connectivity index is 1.60. The summed E-state index contributed by atoms with van der Waals surface area (Å²) in [5, 5.41) is 5.35. The first-order valence-corrected chi connectivity index (χ1v) is 8.20. The van der Waals surface area contributed by atoms with Crippen LogP contribution in [0, 0.1) is 0 Å². The van der Waals surface area contributed by atoms with Gasteiger partial charge in [-0.05, 0) is 29.7 Å². The third-order valence-electron chi connectivity index (χ3n) is 4.17. The Bertz CT molecular complexity index is 1200. The molecule has 4 nitrogen and oxygen atoms in total. The number of rotatable bonds is 3. The van der Waals surface area contributed by atoms with E-state index in [2.05, 4.69) is 5.32 Å². The minimum Gasteiger partial charge on any atom is -0.463 e. The number of amides is 1. The van der Waals surface area contributed by atoms with Crippen LogP contribution in [0.1, 0.15) is 5.56 Å². The summed E-state index contributed by atoms with van der Waals surface area (Å²) in [7, 11) is 0. The van der Waals surface area contributed by atoms with E-state index >= 15 is 0 Å². The molecule has 1 aromatic heterocycles. The van der Waals surface area contributed by atoms with Crippen molar-refractivity contribution >= 4 is 39.4 Å². The van der Waals surface area contributed by atoms with Crippen molar-refractivity contribution in [3.05, 3.63) is 94.9 Å². The van der Waals surface area contributed by atoms with Gasteiger partial charge in [-0.25, -0.2) is 0 Å². The van der Waals surface area contributed by atoms with Gasteiger partial charge in [0.2, 0.25) is 5.91 Å². The molecule has 126 valence electrons. The second kappa shape index (κ2) is 6.69. The molecule has 0 radical (unpaired) electrons. The molecule has 1 amide bonds. The SMILES string of the molecule is O=C(/C=C/c1coc2ccccc2c1=O)Nc1cccc2ccccc12. The quantitative estimate of drug-likeness (QED) is 0.554. The maximum Gasteiger partial charge on any atom is 0.248 e. The summed E-state index contributed by atoms with van der Waals surface area (Å²) in [6.07, 6.45) is 4.17. The van der Waals surface area contributed by atoms with E-state index in [0.29, 0.717) is 16.5 Å². The van der Waals surface area contributed by atoms with E-state index in [1.165, 1.54) is 18.4 Å². The van der Waals surface area contributed by atoms with Crippen LogP contribution in [0.2, 0.25) is 0 Å². The first kappa shape index (κ1) is 15.8. The topological polar surface area (TPSA) is 59.3 Å². The molecule has 0 saturated carbocycles. The van der Waals surface area contributed by atoms with E-state index in [-0.39, 0.29) is 11.3 Å². The molecule has 26 heavy (non-hydrogen) atoms. The van der Waals surface area contributed by atoms with Crippen LogP contribution in [0.5, 0.6) is 0 Å². The van der Waals surface area contributed by atoms with Crippen LogP contribution in [0.4, 0.5) is 5.69 Å². The van der Waals surface area contributed by atoms with Crippen molar-refractivity contribution in [3.8, 4) is 0 Å². The standard InChI is InChI=1S/C22H15NO3/c24-21(23-19-10-5-7-15-6-1-2-8-17(15)19)13-12-16-14-26-20-11-4-3-9-18(20)22(16)25/h1-14H,(H,23,24)/b13-12+. The van der Waals surface area contributed by atoms with E-state index in [0.717, 1.165) is 16.5 Å². The van der Waals surface area contributed by atoms with Crippen LogP contribution in [0.3, 0.4) is 0 Å². The molecule has 4 rings (SSSR count).